The number of carbonyl (C=O) groups excluding carboxylic acids is 1. The van der Waals surface area contributed by atoms with Crippen molar-refractivity contribution in [2.24, 2.45) is 0 Å². The van der Waals surface area contributed by atoms with Crippen molar-refractivity contribution < 1.29 is 31.5 Å². The Morgan fingerprint density at radius 1 is 1.50 bits per heavy atom. The molecule has 2 unspecified atom stereocenters. The second kappa shape index (κ2) is 6.52. The summed E-state index contributed by atoms with van der Waals surface area (Å²) < 4.78 is 38.6. The van der Waals surface area contributed by atoms with Crippen LogP contribution in [-0.2, 0) is 18.9 Å². The molecule has 0 spiro atoms. The van der Waals surface area contributed by atoms with Crippen LogP contribution in [0.5, 0.6) is 0 Å². The number of nitrogens with one attached hydrogen (secondary N) is 1. The number of hydrogen-bond acceptors (Lipinski definition) is 6. The quantitative estimate of drug-likeness (QED) is 0.291. The lowest BCUT2D eigenvalue weighted by atomic mass is 10.1. The van der Waals surface area contributed by atoms with Crippen molar-refractivity contribution in [3.05, 3.63) is 35.4 Å². The van der Waals surface area contributed by atoms with E-state index < -0.39 is 26.1 Å². The molecule has 1 aromatic rings. The molecule has 1 amide bonds. The molecular formula is C12H17NO7S2. The maximum Gasteiger partial charge on any atom is 0.398 e. The van der Waals surface area contributed by atoms with Crippen LogP contribution in [-0.4, -0.2) is 47.6 Å². The topological polar surface area (TPSA) is 122 Å². The Balaban J connectivity index is 1.84. The molecule has 1 saturated heterocycles. The van der Waals surface area contributed by atoms with E-state index in [9.17, 15) is 13.2 Å². The van der Waals surface area contributed by atoms with Crippen LogP contribution < -0.4 is 5.32 Å². The first kappa shape index (κ1) is 17.2. The summed E-state index contributed by atoms with van der Waals surface area (Å²) in [6.07, 6.45) is 0. The van der Waals surface area contributed by atoms with Gasteiger partial charge in [-0.3, -0.25) is 9.35 Å². The van der Waals surface area contributed by atoms with Crippen molar-refractivity contribution in [2.45, 2.75) is 12.4 Å². The molecule has 0 aromatic heterocycles. The summed E-state index contributed by atoms with van der Waals surface area (Å²) in [6.45, 7) is 2.06. The fourth-order valence-corrected chi connectivity index (χ4v) is 5.29. The minimum Gasteiger partial charge on any atom is -0.351 e. The van der Waals surface area contributed by atoms with E-state index in [-0.39, 0.29) is 24.0 Å². The van der Waals surface area contributed by atoms with E-state index in [0.717, 1.165) is 5.56 Å². The predicted octanol–water partition coefficient (Wildman–Crippen LogP) is 1.09. The number of benzene rings is 1. The Morgan fingerprint density at radius 3 is 2.82 bits per heavy atom. The molecule has 10 heteroatoms. The minimum atomic E-state index is -4.59. The van der Waals surface area contributed by atoms with E-state index in [1.807, 2.05) is 13.0 Å². The standard InChI is InChI=1S/C12H17NO7S2/c1-9-3-2-4-10(7-9)12(14)13-5-6-21(20-15)8-11(21)19-22(16,17)18/h2-4,7,11,15H,5-6,8H2,1H3,(H,13,14)(H,16,17,18). The van der Waals surface area contributed by atoms with E-state index in [4.69, 9.17) is 9.81 Å². The average molecular weight is 351 g/mol. The summed E-state index contributed by atoms with van der Waals surface area (Å²) in [5.41, 5.74) is 0.580. The van der Waals surface area contributed by atoms with E-state index in [2.05, 4.69) is 13.8 Å². The van der Waals surface area contributed by atoms with Crippen LogP contribution in [0.2, 0.25) is 0 Å². The van der Waals surface area contributed by atoms with Gasteiger partial charge in [-0.25, -0.2) is 9.44 Å². The van der Waals surface area contributed by atoms with Crippen molar-refractivity contribution in [2.75, 3.05) is 18.1 Å². The van der Waals surface area contributed by atoms with Gasteiger partial charge in [-0.05, 0) is 19.1 Å². The van der Waals surface area contributed by atoms with Crippen LogP contribution in [0.4, 0.5) is 0 Å². The van der Waals surface area contributed by atoms with Gasteiger partial charge >= 0.3 is 10.4 Å². The Morgan fingerprint density at radius 2 is 2.23 bits per heavy atom. The zero-order chi connectivity index (χ0) is 16.4. The number of rotatable bonds is 7. The lowest BCUT2D eigenvalue weighted by Crippen LogP contribution is -2.27. The fourth-order valence-electron chi connectivity index (χ4n) is 1.98. The average Bonchev–Trinajstić information content (AvgIpc) is 3.09. The van der Waals surface area contributed by atoms with Gasteiger partial charge in [0, 0.05) is 23.6 Å². The first-order chi connectivity index (χ1) is 10.3. The normalized spacial score (nSPS) is 27.0. The van der Waals surface area contributed by atoms with E-state index >= 15 is 0 Å². The first-order valence-corrected chi connectivity index (χ1v) is 9.69. The van der Waals surface area contributed by atoms with Crippen molar-refractivity contribution in [1.82, 2.24) is 5.32 Å². The zero-order valence-electron chi connectivity index (χ0n) is 11.8. The van der Waals surface area contributed by atoms with Crippen LogP contribution in [0.25, 0.3) is 0 Å². The molecule has 2 atom stereocenters. The molecule has 22 heavy (non-hydrogen) atoms. The maximum atomic E-state index is 11.9. The van der Waals surface area contributed by atoms with Crippen LogP contribution in [0, 0.1) is 6.92 Å². The highest BCUT2D eigenvalue weighted by molar-refractivity contribution is 8.36. The molecule has 0 saturated carbocycles. The number of aryl methyl sites for hydroxylation is 1. The SMILES string of the molecule is Cc1cccc(C(=O)NCCS2(OO)CC2OS(=O)(=O)O)c1. The third kappa shape index (κ3) is 4.41. The largest absolute Gasteiger partial charge is 0.398 e. The lowest BCUT2D eigenvalue weighted by molar-refractivity contribution is -0.122. The van der Waals surface area contributed by atoms with Crippen molar-refractivity contribution in [3.63, 3.8) is 0 Å². The van der Waals surface area contributed by atoms with Crippen LogP contribution in [0.1, 0.15) is 15.9 Å². The lowest BCUT2D eigenvalue weighted by Gasteiger charge is -2.17. The van der Waals surface area contributed by atoms with Gasteiger partial charge in [0.05, 0.1) is 0 Å². The predicted molar refractivity (Wildman–Crippen MR) is 81.0 cm³/mol. The number of hydrogen-bond donors (Lipinski definition) is 3. The van der Waals surface area contributed by atoms with Crippen molar-refractivity contribution in [3.8, 4) is 0 Å². The van der Waals surface area contributed by atoms with Crippen molar-refractivity contribution >= 4 is 26.6 Å². The van der Waals surface area contributed by atoms with Crippen LogP contribution in [0.15, 0.2) is 24.3 Å². The molecular weight excluding hydrogens is 334 g/mol. The second-order valence-corrected chi connectivity index (χ2v) is 9.10. The zero-order valence-corrected chi connectivity index (χ0v) is 13.4. The highest BCUT2D eigenvalue weighted by atomic mass is 32.3. The van der Waals surface area contributed by atoms with Gasteiger partial charge in [0.15, 0.2) is 0 Å². The summed E-state index contributed by atoms with van der Waals surface area (Å²) in [6, 6.07) is 7.05. The molecule has 1 heterocycles. The van der Waals surface area contributed by atoms with E-state index in [0.29, 0.717) is 5.56 Å². The molecule has 0 bridgehead atoms. The monoisotopic (exact) mass is 351 g/mol. The summed E-state index contributed by atoms with van der Waals surface area (Å²) in [4.78, 5) is 11.9. The Hall–Kier alpha value is -1.17. The number of amides is 1. The molecule has 8 nitrogen and oxygen atoms in total. The highest BCUT2D eigenvalue weighted by Crippen LogP contribution is 2.68. The van der Waals surface area contributed by atoms with Gasteiger partial charge in [0.1, 0.15) is 5.44 Å². The Bertz CT molecular complexity index is 663. The third-order valence-electron chi connectivity index (χ3n) is 3.17. The Labute approximate surface area is 129 Å². The smallest absolute Gasteiger partial charge is 0.351 e. The van der Waals surface area contributed by atoms with Crippen molar-refractivity contribution in [1.29, 1.82) is 0 Å². The van der Waals surface area contributed by atoms with Gasteiger partial charge in [-0.15, -0.1) is 0 Å². The maximum absolute atomic E-state index is 11.9. The molecule has 1 aliphatic heterocycles. The van der Waals surface area contributed by atoms with E-state index in [1.54, 1.807) is 18.2 Å². The number of carbonyl (C=O) groups is 1. The molecule has 3 N–H and O–H groups in total. The van der Waals surface area contributed by atoms with E-state index in [1.165, 1.54) is 0 Å². The molecule has 1 aromatic carbocycles. The van der Waals surface area contributed by atoms with Crippen LogP contribution >= 0.6 is 10.3 Å². The molecule has 2 rings (SSSR count). The first-order valence-electron chi connectivity index (χ1n) is 6.37. The third-order valence-corrected chi connectivity index (χ3v) is 6.62. The summed E-state index contributed by atoms with van der Waals surface area (Å²) >= 11 is 0. The van der Waals surface area contributed by atoms with Crippen LogP contribution in [0.3, 0.4) is 0 Å². The fraction of sp³-hybridized carbons (Fsp3) is 0.417. The summed E-state index contributed by atoms with van der Waals surface area (Å²) in [5, 5.41) is 11.6. The van der Waals surface area contributed by atoms with Gasteiger partial charge < -0.3 is 5.32 Å². The molecule has 1 aliphatic rings. The molecule has 124 valence electrons. The molecule has 0 radical (unpaired) electrons. The Kier molecular flexibility index (Phi) is 5.10. The second-order valence-electron chi connectivity index (χ2n) is 4.89. The van der Waals surface area contributed by atoms with Gasteiger partial charge in [-0.2, -0.15) is 12.8 Å². The summed E-state index contributed by atoms with van der Waals surface area (Å²) in [5.74, 6) is 0.134. The van der Waals surface area contributed by atoms with Gasteiger partial charge in [-0.1, -0.05) is 28.0 Å². The van der Waals surface area contributed by atoms with Gasteiger partial charge in [0.2, 0.25) is 0 Å². The van der Waals surface area contributed by atoms with Gasteiger partial charge in [0.25, 0.3) is 5.91 Å². The summed E-state index contributed by atoms with van der Waals surface area (Å²) in [7, 11) is -6.74. The molecule has 0 aliphatic carbocycles. The highest BCUT2D eigenvalue weighted by Gasteiger charge is 2.55. The molecule has 1 fully saturated rings. The minimum absolute atomic E-state index is 0.184.